The quantitative estimate of drug-likeness (QED) is 0.728. The Morgan fingerprint density at radius 1 is 1.56 bits per heavy atom. The minimum Gasteiger partial charge on any atom is -0.389 e. The number of nitrogens with one attached hydrogen (secondary N) is 1. The third kappa shape index (κ3) is 2.93. The molecule has 1 rings (SSSR count). The van der Waals surface area contributed by atoms with Gasteiger partial charge in [0.05, 0.1) is 11.3 Å². The number of hydrogen-bond donors (Lipinski definition) is 2. The zero-order valence-corrected chi connectivity index (χ0v) is 11.1. The largest absolute Gasteiger partial charge is 0.389 e. The van der Waals surface area contributed by atoms with Gasteiger partial charge in [0.1, 0.15) is 10.8 Å². The molecule has 1 aromatic rings. The predicted molar refractivity (Wildman–Crippen MR) is 70.9 cm³/mol. The number of aryl methyl sites for hydroxylation is 2. The van der Waals surface area contributed by atoms with Crippen LogP contribution in [0.25, 0.3) is 0 Å². The van der Waals surface area contributed by atoms with Crippen molar-refractivity contribution in [2.45, 2.75) is 6.92 Å². The number of likely N-dealkylation sites (N-methyl/N-ethyl adjacent to an activating group) is 1. The van der Waals surface area contributed by atoms with Crippen molar-refractivity contribution in [2.24, 2.45) is 12.8 Å². The summed E-state index contributed by atoms with van der Waals surface area (Å²) in [6, 6.07) is 0. The minimum absolute atomic E-state index is 0.387. The van der Waals surface area contributed by atoms with E-state index in [0.29, 0.717) is 4.99 Å². The molecule has 0 spiro atoms. The van der Waals surface area contributed by atoms with E-state index in [2.05, 4.69) is 15.3 Å². The Hall–Kier alpha value is -1.14. The fourth-order valence-corrected chi connectivity index (χ4v) is 1.80. The fourth-order valence-electron chi connectivity index (χ4n) is 1.55. The Morgan fingerprint density at radius 3 is 2.69 bits per heavy atom. The Bertz CT molecular complexity index is 383. The van der Waals surface area contributed by atoms with Gasteiger partial charge in [0.15, 0.2) is 0 Å². The standard InChI is InChI=1S/C10H19N5S/c1-7-8(9(11)16)10(15(4)13-7)12-5-6-14(2)3/h12H,5-6H2,1-4H3,(H2,11,16). The number of rotatable bonds is 5. The molecule has 0 radical (unpaired) electrons. The third-order valence-corrected chi connectivity index (χ3v) is 2.52. The van der Waals surface area contributed by atoms with Crippen LogP contribution in [0, 0.1) is 6.92 Å². The van der Waals surface area contributed by atoms with Gasteiger partial charge in [0.25, 0.3) is 0 Å². The van der Waals surface area contributed by atoms with Gasteiger partial charge in [-0.2, -0.15) is 5.10 Å². The third-order valence-electron chi connectivity index (χ3n) is 2.32. The molecule has 1 aromatic heterocycles. The van der Waals surface area contributed by atoms with Crippen LogP contribution in [0.1, 0.15) is 11.3 Å². The molecule has 0 unspecified atom stereocenters. The molecule has 0 aliphatic heterocycles. The van der Waals surface area contributed by atoms with E-state index in [4.69, 9.17) is 18.0 Å². The van der Waals surface area contributed by atoms with Gasteiger partial charge in [-0.05, 0) is 21.0 Å². The molecule has 0 aromatic carbocycles. The van der Waals surface area contributed by atoms with E-state index in [1.165, 1.54) is 0 Å². The van der Waals surface area contributed by atoms with Crippen LogP contribution >= 0.6 is 12.2 Å². The molecule has 0 fully saturated rings. The normalized spacial score (nSPS) is 10.8. The van der Waals surface area contributed by atoms with Gasteiger partial charge in [0.2, 0.25) is 0 Å². The maximum absolute atomic E-state index is 5.69. The van der Waals surface area contributed by atoms with E-state index in [0.717, 1.165) is 30.2 Å². The Kier molecular flexibility index (Phi) is 4.26. The molecule has 0 saturated carbocycles. The molecule has 0 atom stereocenters. The monoisotopic (exact) mass is 241 g/mol. The molecule has 0 amide bonds. The summed E-state index contributed by atoms with van der Waals surface area (Å²) in [4.78, 5) is 2.49. The highest BCUT2D eigenvalue weighted by molar-refractivity contribution is 7.80. The van der Waals surface area contributed by atoms with E-state index in [-0.39, 0.29) is 0 Å². The summed E-state index contributed by atoms with van der Waals surface area (Å²) in [5.74, 6) is 0.895. The van der Waals surface area contributed by atoms with E-state index < -0.39 is 0 Å². The van der Waals surface area contributed by atoms with Gasteiger partial charge in [-0.1, -0.05) is 12.2 Å². The van der Waals surface area contributed by atoms with Crippen molar-refractivity contribution in [1.82, 2.24) is 14.7 Å². The average molecular weight is 241 g/mol. The summed E-state index contributed by atoms with van der Waals surface area (Å²) in [5, 5.41) is 7.61. The number of aromatic nitrogens is 2. The lowest BCUT2D eigenvalue weighted by Crippen LogP contribution is -2.23. The van der Waals surface area contributed by atoms with E-state index in [9.17, 15) is 0 Å². The second kappa shape index (κ2) is 5.27. The van der Waals surface area contributed by atoms with Crippen molar-refractivity contribution in [2.75, 3.05) is 32.5 Å². The molecule has 90 valence electrons. The average Bonchev–Trinajstić information content (AvgIpc) is 2.40. The molecule has 0 bridgehead atoms. The zero-order chi connectivity index (χ0) is 12.3. The summed E-state index contributed by atoms with van der Waals surface area (Å²) >= 11 is 5.03. The highest BCUT2D eigenvalue weighted by Crippen LogP contribution is 2.17. The lowest BCUT2D eigenvalue weighted by molar-refractivity contribution is 0.424. The van der Waals surface area contributed by atoms with Crippen LogP contribution in [0.4, 0.5) is 5.82 Å². The first-order valence-electron chi connectivity index (χ1n) is 5.15. The number of anilines is 1. The second-order valence-electron chi connectivity index (χ2n) is 4.03. The van der Waals surface area contributed by atoms with Gasteiger partial charge in [-0.25, -0.2) is 0 Å². The van der Waals surface area contributed by atoms with Crippen LogP contribution < -0.4 is 11.1 Å². The van der Waals surface area contributed by atoms with E-state index >= 15 is 0 Å². The molecular formula is C10H19N5S. The maximum Gasteiger partial charge on any atom is 0.134 e. The van der Waals surface area contributed by atoms with Crippen molar-refractivity contribution in [3.63, 3.8) is 0 Å². The molecule has 0 aliphatic carbocycles. The first-order chi connectivity index (χ1) is 7.43. The first-order valence-corrected chi connectivity index (χ1v) is 5.56. The first kappa shape index (κ1) is 12.9. The van der Waals surface area contributed by atoms with Gasteiger partial charge < -0.3 is 16.0 Å². The highest BCUT2D eigenvalue weighted by Gasteiger charge is 2.14. The van der Waals surface area contributed by atoms with Gasteiger partial charge in [-0.15, -0.1) is 0 Å². The zero-order valence-electron chi connectivity index (χ0n) is 10.2. The topological polar surface area (TPSA) is 59.1 Å². The van der Waals surface area contributed by atoms with E-state index in [1.807, 2.05) is 28.1 Å². The van der Waals surface area contributed by atoms with Gasteiger partial charge >= 0.3 is 0 Å². The van der Waals surface area contributed by atoms with Crippen molar-refractivity contribution in [1.29, 1.82) is 0 Å². The van der Waals surface area contributed by atoms with Crippen molar-refractivity contribution < 1.29 is 0 Å². The van der Waals surface area contributed by atoms with Crippen LogP contribution in [0.5, 0.6) is 0 Å². The molecule has 5 nitrogen and oxygen atoms in total. The number of hydrogen-bond acceptors (Lipinski definition) is 4. The highest BCUT2D eigenvalue weighted by atomic mass is 32.1. The van der Waals surface area contributed by atoms with Crippen molar-refractivity contribution in [3.8, 4) is 0 Å². The van der Waals surface area contributed by atoms with Gasteiger partial charge in [-0.3, -0.25) is 4.68 Å². The van der Waals surface area contributed by atoms with Gasteiger partial charge in [0, 0.05) is 20.1 Å². The molecular weight excluding hydrogens is 222 g/mol. The Balaban J connectivity index is 2.82. The molecule has 3 N–H and O–H groups in total. The van der Waals surface area contributed by atoms with Crippen LogP contribution in [-0.4, -0.2) is 46.9 Å². The molecule has 1 heterocycles. The van der Waals surface area contributed by atoms with Crippen molar-refractivity contribution in [3.05, 3.63) is 11.3 Å². The predicted octanol–water partition coefficient (Wildman–Crippen LogP) is 0.336. The molecule has 6 heteroatoms. The molecule has 0 saturated heterocycles. The Labute approximate surface area is 102 Å². The number of thiocarbonyl (C=S) groups is 1. The molecule has 16 heavy (non-hydrogen) atoms. The number of nitrogens with zero attached hydrogens (tertiary/aromatic N) is 3. The summed E-state index contributed by atoms with van der Waals surface area (Å²) in [6.45, 7) is 3.69. The number of nitrogens with two attached hydrogens (primary N) is 1. The Morgan fingerprint density at radius 2 is 2.19 bits per heavy atom. The molecule has 0 aliphatic rings. The smallest absolute Gasteiger partial charge is 0.134 e. The fraction of sp³-hybridized carbons (Fsp3) is 0.600. The SMILES string of the molecule is Cc1nn(C)c(NCCN(C)C)c1C(N)=S. The maximum atomic E-state index is 5.69. The van der Waals surface area contributed by atoms with Crippen LogP contribution in [0.15, 0.2) is 0 Å². The lowest BCUT2D eigenvalue weighted by Gasteiger charge is -2.12. The van der Waals surface area contributed by atoms with E-state index in [1.54, 1.807) is 4.68 Å². The van der Waals surface area contributed by atoms with Crippen LogP contribution in [-0.2, 0) is 7.05 Å². The summed E-state index contributed by atoms with van der Waals surface area (Å²) in [5.41, 5.74) is 7.39. The summed E-state index contributed by atoms with van der Waals surface area (Å²) < 4.78 is 1.78. The summed E-state index contributed by atoms with van der Waals surface area (Å²) in [6.07, 6.45) is 0. The second-order valence-corrected chi connectivity index (χ2v) is 4.47. The lowest BCUT2D eigenvalue weighted by atomic mass is 10.2. The van der Waals surface area contributed by atoms with Crippen LogP contribution in [0.2, 0.25) is 0 Å². The summed E-state index contributed by atoms with van der Waals surface area (Å²) in [7, 11) is 5.95. The van der Waals surface area contributed by atoms with Crippen molar-refractivity contribution >= 4 is 23.0 Å². The van der Waals surface area contributed by atoms with Crippen LogP contribution in [0.3, 0.4) is 0 Å². The minimum atomic E-state index is 0.387.